The van der Waals surface area contributed by atoms with E-state index in [1.807, 2.05) is 11.3 Å². The van der Waals surface area contributed by atoms with Gasteiger partial charge in [-0.3, -0.25) is 0 Å². The fourth-order valence-electron chi connectivity index (χ4n) is 2.87. The number of thiophene rings is 1. The van der Waals surface area contributed by atoms with Crippen molar-refractivity contribution in [3.8, 4) is 0 Å². The predicted octanol–water partition coefficient (Wildman–Crippen LogP) is 4.52. The van der Waals surface area contributed by atoms with E-state index in [1.165, 1.54) is 33.5 Å². The largest absolute Gasteiger partial charge is 0.312 e. The monoisotopic (exact) mass is 301 g/mol. The van der Waals surface area contributed by atoms with Gasteiger partial charge in [0.1, 0.15) is 0 Å². The lowest BCUT2D eigenvalue weighted by molar-refractivity contribution is 0.319. The highest BCUT2D eigenvalue weighted by molar-refractivity contribution is 9.10. The Hall–Kier alpha value is 0.140. The zero-order valence-corrected chi connectivity index (χ0v) is 12.6. The highest BCUT2D eigenvalue weighted by Crippen LogP contribution is 2.42. The Balaban J connectivity index is 2.21. The van der Waals surface area contributed by atoms with Crippen LogP contribution < -0.4 is 5.32 Å². The predicted molar refractivity (Wildman–Crippen MR) is 75.1 cm³/mol. The van der Waals surface area contributed by atoms with Gasteiger partial charge in [0.2, 0.25) is 0 Å². The number of rotatable bonds is 3. The molecule has 1 saturated carbocycles. The van der Waals surface area contributed by atoms with Crippen LogP contribution in [-0.4, -0.2) is 7.05 Å². The molecule has 0 bridgehead atoms. The van der Waals surface area contributed by atoms with Crippen molar-refractivity contribution in [2.45, 2.75) is 39.2 Å². The van der Waals surface area contributed by atoms with Crippen LogP contribution in [-0.2, 0) is 0 Å². The topological polar surface area (TPSA) is 12.0 Å². The molecule has 1 N–H and O–H groups in total. The van der Waals surface area contributed by atoms with Gasteiger partial charge in [-0.05, 0) is 54.2 Å². The molecule has 1 fully saturated rings. The molecule has 1 nitrogen and oxygen atoms in total. The van der Waals surface area contributed by atoms with Gasteiger partial charge in [-0.15, -0.1) is 11.3 Å². The highest BCUT2D eigenvalue weighted by atomic mass is 79.9. The van der Waals surface area contributed by atoms with E-state index < -0.39 is 0 Å². The molecule has 1 aliphatic rings. The molecule has 1 heterocycles. The number of hydrogen-bond acceptors (Lipinski definition) is 2. The fraction of sp³-hybridized carbons (Fsp3) is 0.692. The van der Waals surface area contributed by atoms with E-state index in [-0.39, 0.29) is 0 Å². The minimum Gasteiger partial charge on any atom is -0.312 e. The molecule has 16 heavy (non-hydrogen) atoms. The van der Waals surface area contributed by atoms with Crippen LogP contribution in [0, 0.1) is 18.8 Å². The van der Waals surface area contributed by atoms with Crippen molar-refractivity contribution < 1.29 is 0 Å². The summed E-state index contributed by atoms with van der Waals surface area (Å²) in [6.45, 7) is 4.58. The van der Waals surface area contributed by atoms with Gasteiger partial charge in [-0.25, -0.2) is 0 Å². The van der Waals surface area contributed by atoms with Gasteiger partial charge in [0, 0.05) is 20.3 Å². The molecule has 1 aromatic rings. The average Bonchev–Trinajstić information content (AvgIpc) is 2.78. The van der Waals surface area contributed by atoms with Gasteiger partial charge in [-0.2, -0.15) is 0 Å². The fourth-order valence-corrected chi connectivity index (χ4v) is 4.62. The Kier molecular flexibility index (Phi) is 4.09. The molecule has 0 spiro atoms. The van der Waals surface area contributed by atoms with Crippen LogP contribution in [0.4, 0.5) is 0 Å². The first-order valence-corrected chi connectivity index (χ1v) is 7.67. The average molecular weight is 302 g/mol. The van der Waals surface area contributed by atoms with E-state index >= 15 is 0 Å². The second-order valence-corrected chi connectivity index (χ2v) is 7.03. The van der Waals surface area contributed by atoms with Gasteiger partial charge in [-0.1, -0.05) is 19.8 Å². The van der Waals surface area contributed by atoms with Crippen molar-refractivity contribution >= 4 is 27.3 Å². The zero-order chi connectivity index (χ0) is 11.7. The van der Waals surface area contributed by atoms with E-state index in [2.05, 4.69) is 48.2 Å². The van der Waals surface area contributed by atoms with Crippen molar-refractivity contribution in [1.82, 2.24) is 5.32 Å². The van der Waals surface area contributed by atoms with Gasteiger partial charge >= 0.3 is 0 Å². The third kappa shape index (κ3) is 2.36. The minimum absolute atomic E-state index is 0.549. The van der Waals surface area contributed by atoms with Crippen LogP contribution in [0.3, 0.4) is 0 Å². The van der Waals surface area contributed by atoms with Crippen molar-refractivity contribution in [3.63, 3.8) is 0 Å². The Morgan fingerprint density at radius 3 is 2.69 bits per heavy atom. The highest BCUT2D eigenvalue weighted by Gasteiger charge is 2.31. The van der Waals surface area contributed by atoms with Gasteiger partial charge in [0.15, 0.2) is 0 Å². The van der Waals surface area contributed by atoms with Crippen LogP contribution in [0.25, 0.3) is 0 Å². The second kappa shape index (κ2) is 5.19. The van der Waals surface area contributed by atoms with Crippen LogP contribution in [0.5, 0.6) is 0 Å². The first kappa shape index (κ1) is 12.6. The van der Waals surface area contributed by atoms with E-state index in [1.54, 1.807) is 0 Å². The van der Waals surface area contributed by atoms with Crippen LogP contribution in [0.15, 0.2) is 10.5 Å². The summed E-state index contributed by atoms with van der Waals surface area (Å²) in [5, 5.41) is 3.52. The summed E-state index contributed by atoms with van der Waals surface area (Å²) in [6, 6.07) is 2.85. The summed E-state index contributed by atoms with van der Waals surface area (Å²) in [5.41, 5.74) is 0. The lowest BCUT2D eigenvalue weighted by Crippen LogP contribution is -2.26. The molecule has 0 saturated heterocycles. The maximum Gasteiger partial charge on any atom is 0.0444 e. The number of aryl methyl sites for hydroxylation is 1. The molecule has 90 valence electrons. The molecule has 1 aromatic heterocycles. The van der Waals surface area contributed by atoms with Crippen molar-refractivity contribution in [2.24, 2.45) is 11.8 Å². The Labute approximate surface area is 111 Å². The summed E-state index contributed by atoms with van der Waals surface area (Å²) in [6.07, 6.45) is 4.17. The lowest BCUT2D eigenvalue weighted by Gasteiger charge is -2.25. The number of halogens is 1. The third-order valence-corrected chi connectivity index (χ3v) is 6.07. The molecule has 0 radical (unpaired) electrons. The molecule has 3 heteroatoms. The summed E-state index contributed by atoms with van der Waals surface area (Å²) in [7, 11) is 2.10. The Morgan fingerprint density at radius 2 is 2.25 bits per heavy atom. The maximum atomic E-state index is 3.62. The quantitative estimate of drug-likeness (QED) is 0.866. The molecule has 0 aliphatic heterocycles. The van der Waals surface area contributed by atoms with E-state index in [0.29, 0.717) is 6.04 Å². The summed E-state index contributed by atoms with van der Waals surface area (Å²) in [4.78, 5) is 2.88. The smallest absolute Gasteiger partial charge is 0.0444 e. The lowest BCUT2D eigenvalue weighted by atomic mass is 9.89. The van der Waals surface area contributed by atoms with Crippen molar-refractivity contribution in [1.29, 1.82) is 0 Å². The molecular weight excluding hydrogens is 282 g/mol. The van der Waals surface area contributed by atoms with Gasteiger partial charge in [0.05, 0.1) is 0 Å². The summed E-state index contributed by atoms with van der Waals surface area (Å²) >= 11 is 5.55. The Bertz CT molecular complexity index is 341. The molecule has 0 aromatic carbocycles. The maximum absolute atomic E-state index is 3.62. The minimum atomic E-state index is 0.549. The molecule has 1 aliphatic carbocycles. The first-order valence-electron chi connectivity index (χ1n) is 6.06. The second-order valence-electron chi connectivity index (χ2n) is 4.89. The molecule has 3 unspecified atom stereocenters. The molecular formula is C13H20BrNS. The zero-order valence-electron chi connectivity index (χ0n) is 10.2. The normalized spacial score (nSPS) is 27.2. The summed E-state index contributed by atoms with van der Waals surface area (Å²) < 4.78 is 1.26. The SMILES string of the molecule is CNC(c1cc(Br)c(C)s1)C1CCCC1C. The Morgan fingerprint density at radius 1 is 1.50 bits per heavy atom. The molecule has 0 amide bonds. The molecule has 3 atom stereocenters. The molecule has 2 rings (SSSR count). The van der Waals surface area contributed by atoms with Crippen molar-refractivity contribution in [3.05, 3.63) is 20.3 Å². The number of nitrogens with one attached hydrogen (secondary N) is 1. The standard InChI is InChI=1S/C13H20BrNS/c1-8-5-4-6-10(8)13(15-3)12-7-11(14)9(2)16-12/h7-8,10,13,15H,4-6H2,1-3H3. The summed E-state index contributed by atoms with van der Waals surface area (Å²) in [5.74, 6) is 1.67. The van der Waals surface area contributed by atoms with E-state index in [9.17, 15) is 0 Å². The van der Waals surface area contributed by atoms with Crippen LogP contribution >= 0.6 is 27.3 Å². The van der Waals surface area contributed by atoms with Gasteiger partial charge < -0.3 is 5.32 Å². The third-order valence-electron chi connectivity index (χ3n) is 3.85. The van der Waals surface area contributed by atoms with Gasteiger partial charge in [0.25, 0.3) is 0 Å². The first-order chi connectivity index (χ1) is 7.63. The van der Waals surface area contributed by atoms with E-state index in [0.717, 1.165) is 11.8 Å². The van der Waals surface area contributed by atoms with Crippen LogP contribution in [0.1, 0.15) is 42.0 Å². The van der Waals surface area contributed by atoms with Crippen LogP contribution in [0.2, 0.25) is 0 Å². The number of hydrogen-bond donors (Lipinski definition) is 1. The van der Waals surface area contributed by atoms with Crippen molar-refractivity contribution in [2.75, 3.05) is 7.05 Å². The van der Waals surface area contributed by atoms with E-state index in [4.69, 9.17) is 0 Å².